The van der Waals surface area contributed by atoms with E-state index in [4.69, 9.17) is 4.74 Å². The molecule has 0 spiro atoms. The Labute approximate surface area is 151 Å². The number of carbonyl (C=O) groups excluding carboxylic acids is 1. The quantitative estimate of drug-likeness (QED) is 0.826. The summed E-state index contributed by atoms with van der Waals surface area (Å²) in [6.07, 6.45) is 7.90. The molecular formula is C21H32N2O2. The average Bonchev–Trinajstić information content (AvgIpc) is 3.12. The van der Waals surface area contributed by atoms with Gasteiger partial charge >= 0.3 is 0 Å². The van der Waals surface area contributed by atoms with Gasteiger partial charge in [0.15, 0.2) is 0 Å². The number of carbonyl (C=O) groups is 1. The third kappa shape index (κ3) is 4.83. The first kappa shape index (κ1) is 18.4. The number of rotatable bonds is 7. The van der Waals surface area contributed by atoms with Crippen LogP contribution in [0.3, 0.4) is 0 Å². The van der Waals surface area contributed by atoms with Crippen LogP contribution in [0.1, 0.15) is 50.5 Å². The highest BCUT2D eigenvalue weighted by Gasteiger charge is 2.37. The molecule has 2 aliphatic rings. The van der Waals surface area contributed by atoms with Crippen LogP contribution in [0, 0.1) is 0 Å². The van der Waals surface area contributed by atoms with Crippen molar-refractivity contribution in [2.24, 2.45) is 0 Å². The molecule has 3 rings (SSSR count). The van der Waals surface area contributed by atoms with E-state index in [0.29, 0.717) is 24.5 Å². The lowest BCUT2D eigenvalue weighted by molar-refractivity contribution is -0.123. The van der Waals surface area contributed by atoms with E-state index in [9.17, 15) is 4.79 Å². The molecular weight excluding hydrogens is 312 g/mol. The molecule has 0 aromatic heterocycles. The number of likely N-dealkylation sites (tertiary alicyclic amines) is 1. The smallest absolute Gasteiger partial charge is 0.222 e. The van der Waals surface area contributed by atoms with E-state index in [2.05, 4.69) is 40.5 Å². The Hall–Kier alpha value is -1.39. The average molecular weight is 344 g/mol. The summed E-state index contributed by atoms with van der Waals surface area (Å²) in [7, 11) is 1.64. The molecule has 1 amide bonds. The van der Waals surface area contributed by atoms with Gasteiger partial charge in [-0.05, 0) is 31.2 Å². The molecule has 4 nitrogen and oxygen atoms in total. The van der Waals surface area contributed by atoms with Crippen molar-refractivity contribution in [1.29, 1.82) is 0 Å². The van der Waals surface area contributed by atoms with Gasteiger partial charge in [-0.2, -0.15) is 0 Å². The molecule has 0 unspecified atom stereocenters. The molecule has 25 heavy (non-hydrogen) atoms. The molecule has 1 aliphatic carbocycles. The Morgan fingerprint density at radius 2 is 1.88 bits per heavy atom. The Morgan fingerprint density at radius 1 is 1.20 bits per heavy atom. The molecule has 1 aliphatic heterocycles. The number of ether oxygens (including phenoxy) is 1. The zero-order valence-corrected chi connectivity index (χ0v) is 15.5. The van der Waals surface area contributed by atoms with Crippen molar-refractivity contribution in [3.8, 4) is 0 Å². The van der Waals surface area contributed by atoms with Crippen LogP contribution in [0.15, 0.2) is 30.3 Å². The topological polar surface area (TPSA) is 41.6 Å². The highest BCUT2D eigenvalue weighted by molar-refractivity contribution is 5.76. The van der Waals surface area contributed by atoms with Gasteiger partial charge in [-0.3, -0.25) is 4.79 Å². The number of piperidine rings is 1. The molecule has 1 aromatic rings. The highest BCUT2D eigenvalue weighted by atomic mass is 16.5. The van der Waals surface area contributed by atoms with E-state index in [0.717, 1.165) is 25.9 Å². The summed E-state index contributed by atoms with van der Waals surface area (Å²) < 4.78 is 4.98. The maximum atomic E-state index is 11.9. The Balaban J connectivity index is 1.52. The first-order valence-electron chi connectivity index (χ1n) is 9.78. The van der Waals surface area contributed by atoms with Gasteiger partial charge in [0.05, 0.1) is 6.61 Å². The molecule has 1 saturated heterocycles. The van der Waals surface area contributed by atoms with Crippen LogP contribution in [0.4, 0.5) is 0 Å². The van der Waals surface area contributed by atoms with Gasteiger partial charge in [0, 0.05) is 44.6 Å². The predicted octanol–water partition coefficient (Wildman–Crippen LogP) is 3.12. The Morgan fingerprint density at radius 3 is 2.52 bits per heavy atom. The molecule has 1 N–H and O–H groups in total. The minimum Gasteiger partial charge on any atom is -0.384 e. The molecule has 0 atom stereocenters. The SMILES string of the molecule is COCCC(=O)NC1CCN(CC2(c3ccccc3)CCCC2)CC1. The highest BCUT2D eigenvalue weighted by Crippen LogP contribution is 2.42. The number of nitrogens with one attached hydrogen (secondary N) is 1. The first-order valence-corrected chi connectivity index (χ1v) is 9.78. The van der Waals surface area contributed by atoms with Crippen molar-refractivity contribution in [2.75, 3.05) is 33.4 Å². The van der Waals surface area contributed by atoms with Gasteiger partial charge in [0.25, 0.3) is 0 Å². The standard InChI is InChI=1S/C21H32N2O2/c1-25-16-11-20(24)22-19-9-14-23(15-10-19)17-21(12-5-6-13-21)18-7-3-2-4-8-18/h2-4,7-8,19H,5-6,9-17H2,1H3,(H,22,24). The molecule has 1 saturated carbocycles. The van der Waals surface area contributed by atoms with Crippen LogP contribution in [-0.2, 0) is 14.9 Å². The van der Waals surface area contributed by atoms with Gasteiger partial charge in [0.1, 0.15) is 0 Å². The fraction of sp³-hybridized carbons (Fsp3) is 0.667. The summed E-state index contributed by atoms with van der Waals surface area (Å²) in [5.74, 6) is 0.122. The number of amides is 1. The Kier molecular flexibility index (Phi) is 6.49. The molecule has 0 radical (unpaired) electrons. The molecule has 4 heteroatoms. The monoisotopic (exact) mass is 344 g/mol. The zero-order valence-electron chi connectivity index (χ0n) is 15.5. The minimum atomic E-state index is 0.122. The summed E-state index contributed by atoms with van der Waals surface area (Å²) in [6.45, 7) is 3.85. The van der Waals surface area contributed by atoms with Gasteiger partial charge in [0.2, 0.25) is 5.91 Å². The first-order chi connectivity index (χ1) is 12.2. The van der Waals surface area contributed by atoms with Gasteiger partial charge in [-0.15, -0.1) is 0 Å². The van der Waals surface area contributed by atoms with E-state index < -0.39 is 0 Å². The minimum absolute atomic E-state index is 0.122. The maximum Gasteiger partial charge on any atom is 0.222 e. The van der Waals surface area contributed by atoms with Gasteiger partial charge in [-0.1, -0.05) is 43.2 Å². The molecule has 1 aromatic carbocycles. The van der Waals surface area contributed by atoms with Crippen molar-refractivity contribution in [3.63, 3.8) is 0 Å². The van der Waals surface area contributed by atoms with E-state index >= 15 is 0 Å². The lowest BCUT2D eigenvalue weighted by Crippen LogP contribution is -2.48. The van der Waals surface area contributed by atoms with Crippen molar-refractivity contribution in [3.05, 3.63) is 35.9 Å². The normalized spacial score (nSPS) is 21.3. The summed E-state index contributed by atoms with van der Waals surface area (Å²) in [6, 6.07) is 11.4. The molecule has 2 fully saturated rings. The number of hydrogen-bond acceptors (Lipinski definition) is 3. The fourth-order valence-corrected chi connectivity index (χ4v) is 4.54. The van der Waals surface area contributed by atoms with Crippen molar-refractivity contribution in [1.82, 2.24) is 10.2 Å². The van der Waals surface area contributed by atoms with Gasteiger partial charge < -0.3 is 15.0 Å². The molecule has 138 valence electrons. The summed E-state index contributed by atoms with van der Waals surface area (Å²) in [5, 5.41) is 3.16. The second kappa shape index (κ2) is 8.81. The number of benzene rings is 1. The van der Waals surface area contributed by atoms with Crippen LogP contribution in [0.25, 0.3) is 0 Å². The second-order valence-electron chi connectivity index (χ2n) is 7.71. The van der Waals surface area contributed by atoms with Crippen LogP contribution in [-0.4, -0.2) is 50.2 Å². The third-order valence-electron chi connectivity index (χ3n) is 5.96. The van der Waals surface area contributed by atoms with Crippen molar-refractivity contribution >= 4 is 5.91 Å². The van der Waals surface area contributed by atoms with Crippen molar-refractivity contribution < 1.29 is 9.53 Å². The molecule has 1 heterocycles. The summed E-state index contributed by atoms with van der Waals surface area (Å²) >= 11 is 0. The summed E-state index contributed by atoms with van der Waals surface area (Å²) in [5.41, 5.74) is 1.86. The molecule has 0 bridgehead atoms. The van der Waals surface area contributed by atoms with E-state index in [1.165, 1.54) is 37.8 Å². The van der Waals surface area contributed by atoms with Crippen LogP contribution in [0.5, 0.6) is 0 Å². The van der Waals surface area contributed by atoms with Crippen molar-refractivity contribution in [2.45, 2.75) is 56.4 Å². The largest absolute Gasteiger partial charge is 0.384 e. The zero-order chi connectivity index (χ0) is 17.5. The lowest BCUT2D eigenvalue weighted by atomic mass is 9.78. The third-order valence-corrected chi connectivity index (χ3v) is 5.96. The van der Waals surface area contributed by atoms with Gasteiger partial charge in [-0.25, -0.2) is 0 Å². The van der Waals surface area contributed by atoms with Crippen LogP contribution in [0.2, 0.25) is 0 Å². The van der Waals surface area contributed by atoms with E-state index in [1.54, 1.807) is 7.11 Å². The van der Waals surface area contributed by atoms with E-state index in [1.807, 2.05) is 0 Å². The Bertz CT molecular complexity index is 532. The number of nitrogens with zero attached hydrogens (tertiary/aromatic N) is 1. The maximum absolute atomic E-state index is 11.9. The van der Waals surface area contributed by atoms with E-state index in [-0.39, 0.29) is 5.91 Å². The number of hydrogen-bond donors (Lipinski definition) is 1. The lowest BCUT2D eigenvalue weighted by Gasteiger charge is -2.39. The second-order valence-corrected chi connectivity index (χ2v) is 7.71. The fourth-order valence-electron chi connectivity index (χ4n) is 4.54. The predicted molar refractivity (Wildman–Crippen MR) is 101 cm³/mol. The summed E-state index contributed by atoms with van der Waals surface area (Å²) in [4.78, 5) is 14.5. The van der Waals surface area contributed by atoms with Crippen LogP contribution >= 0.6 is 0 Å². The van der Waals surface area contributed by atoms with Crippen LogP contribution < -0.4 is 5.32 Å². The number of methoxy groups -OCH3 is 1.